The number of nitrogens with zero attached hydrogens (tertiary/aromatic N) is 2. The van der Waals surface area contributed by atoms with Crippen molar-refractivity contribution < 1.29 is 4.79 Å². The minimum absolute atomic E-state index is 0.0148. The van der Waals surface area contributed by atoms with E-state index in [0.29, 0.717) is 0 Å². The molecule has 0 bridgehead atoms. The van der Waals surface area contributed by atoms with E-state index in [1.165, 1.54) is 16.0 Å². The van der Waals surface area contributed by atoms with Gasteiger partial charge in [0.2, 0.25) is 5.91 Å². The standard InChI is InChI=1S/C17H19N3OS/c1-11-2-3-12-9-15(22-14(12)8-11)17(21)19-13-4-5-16-18-6-7-20(16)10-13/h2-3,6-8,13,15H,4-5,9-10H2,1H3,(H,19,21)/t13-,15+/m0/s1. The monoisotopic (exact) mass is 313 g/mol. The van der Waals surface area contributed by atoms with Crippen LogP contribution in [0.5, 0.6) is 0 Å². The van der Waals surface area contributed by atoms with E-state index in [2.05, 4.69) is 40.0 Å². The Morgan fingerprint density at radius 1 is 1.45 bits per heavy atom. The van der Waals surface area contributed by atoms with Gasteiger partial charge in [0.1, 0.15) is 5.82 Å². The highest BCUT2D eigenvalue weighted by Gasteiger charge is 2.30. The summed E-state index contributed by atoms with van der Waals surface area (Å²) < 4.78 is 2.15. The second kappa shape index (κ2) is 5.47. The summed E-state index contributed by atoms with van der Waals surface area (Å²) in [5.41, 5.74) is 2.56. The molecule has 1 N–H and O–H groups in total. The Bertz CT molecular complexity index is 724. The van der Waals surface area contributed by atoms with E-state index in [-0.39, 0.29) is 17.2 Å². The van der Waals surface area contributed by atoms with Gasteiger partial charge in [-0.25, -0.2) is 4.98 Å². The molecule has 1 amide bonds. The normalized spacial score (nSPS) is 23.0. The van der Waals surface area contributed by atoms with E-state index in [9.17, 15) is 4.79 Å². The number of nitrogens with one attached hydrogen (secondary N) is 1. The van der Waals surface area contributed by atoms with Crippen LogP contribution in [-0.2, 0) is 24.2 Å². The summed E-state index contributed by atoms with van der Waals surface area (Å²) in [6, 6.07) is 6.69. The molecular formula is C17H19N3OS. The number of hydrogen-bond donors (Lipinski definition) is 1. The Kier molecular flexibility index (Phi) is 3.45. The molecule has 0 spiro atoms. The molecule has 1 aromatic heterocycles. The summed E-state index contributed by atoms with van der Waals surface area (Å²) in [6.45, 7) is 2.93. The largest absolute Gasteiger partial charge is 0.351 e. The Morgan fingerprint density at radius 3 is 3.27 bits per heavy atom. The number of fused-ring (bicyclic) bond motifs is 2. The fourth-order valence-electron chi connectivity index (χ4n) is 3.26. The number of aromatic nitrogens is 2. The molecule has 2 aliphatic rings. The topological polar surface area (TPSA) is 46.9 Å². The van der Waals surface area contributed by atoms with E-state index in [1.807, 2.05) is 12.4 Å². The van der Waals surface area contributed by atoms with Gasteiger partial charge in [-0.3, -0.25) is 4.79 Å². The number of carbonyl (C=O) groups is 1. The Balaban J connectivity index is 1.40. The van der Waals surface area contributed by atoms with Crippen LogP contribution in [0.15, 0.2) is 35.5 Å². The van der Waals surface area contributed by atoms with Gasteiger partial charge >= 0.3 is 0 Å². The van der Waals surface area contributed by atoms with E-state index >= 15 is 0 Å². The zero-order chi connectivity index (χ0) is 15.1. The molecule has 0 saturated heterocycles. The summed E-state index contributed by atoms with van der Waals surface area (Å²) >= 11 is 1.70. The Morgan fingerprint density at radius 2 is 2.36 bits per heavy atom. The van der Waals surface area contributed by atoms with Crippen molar-refractivity contribution in [2.75, 3.05) is 0 Å². The summed E-state index contributed by atoms with van der Waals surface area (Å²) in [7, 11) is 0. The molecule has 5 heteroatoms. The molecule has 0 unspecified atom stereocenters. The molecule has 2 aliphatic heterocycles. The van der Waals surface area contributed by atoms with Gasteiger partial charge in [0.05, 0.1) is 5.25 Å². The molecule has 3 heterocycles. The average molecular weight is 313 g/mol. The van der Waals surface area contributed by atoms with Gasteiger partial charge < -0.3 is 9.88 Å². The van der Waals surface area contributed by atoms with Crippen LogP contribution < -0.4 is 5.32 Å². The number of carbonyl (C=O) groups excluding carboxylic acids is 1. The second-order valence-electron chi connectivity index (χ2n) is 6.16. The van der Waals surface area contributed by atoms with Crippen molar-refractivity contribution in [3.8, 4) is 0 Å². The minimum atomic E-state index is 0.0148. The van der Waals surface area contributed by atoms with Crippen LogP contribution in [0.4, 0.5) is 0 Å². The van der Waals surface area contributed by atoms with E-state index < -0.39 is 0 Å². The third-order valence-electron chi connectivity index (χ3n) is 4.47. The van der Waals surface area contributed by atoms with Crippen LogP contribution in [0.25, 0.3) is 0 Å². The fourth-order valence-corrected chi connectivity index (χ4v) is 4.56. The zero-order valence-corrected chi connectivity index (χ0v) is 13.4. The molecule has 0 fully saturated rings. The number of hydrogen-bond acceptors (Lipinski definition) is 3. The SMILES string of the molecule is Cc1ccc2c(c1)S[C@@H](C(=O)N[C@H]1CCc3nccn3C1)C2. The third kappa shape index (κ3) is 2.54. The van der Waals surface area contributed by atoms with Crippen LogP contribution in [0.1, 0.15) is 23.4 Å². The van der Waals surface area contributed by atoms with Gasteiger partial charge in [-0.2, -0.15) is 0 Å². The van der Waals surface area contributed by atoms with Crippen molar-refractivity contribution in [2.45, 2.75) is 48.9 Å². The summed E-state index contributed by atoms with van der Waals surface area (Å²) in [6.07, 6.45) is 6.60. The maximum absolute atomic E-state index is 12.6. The van der Waals surface area contributed by atoms with Gasteiger partial charge in [0.25, 0.3) is 0 Å². The van der Waals surface area contributed by atoms with Crippen LogP contribution in [0.3, 0.4) is 0 Å². The highest BCUT2D eigenvalue weighted by molar-refractivity contribution is 8.01. The molecule has 114 valence electrons. The summed E-state index contributed by atoms with van der Waals surface area (Å²) in [4.78, 5) is 18.2. The first kappa shape index (κ1) is 13.9. The molecule has 4 rings (SSSR count). The predicted octanol–water partition coefficient (Wildman–Crippen LogP) is 2.34. The van der Waals surface area contributed by atoms with Crippen molar-refractivity contribution in [1.29, 1.82) is 0 Å². The molecule has 0 saturated carbocycles. The first-order valence-electron chi connectivity index (χ1n) is 7.75. The van der Waals surface area contributed by atoms with Crippen LogP contribution >= 0.6 is 11.8 Å². The number of benzene rings is 1. The van der Waals surface area contributed by atoms with Gasteiger partial charge in [-0.05, 0) is 31.4 Å². The Hall–Kier alpha value is -1.75. The number of rotatable bonds is 2. The number of amides is 1. The second-order valence-corrected chi connectivity index (χ2v) is 7.41. The zero-order valence-electron chi connectivity index (χ0n) is 12.6. The van der Waals surface area contributed by atoms with Crippen molar-refractivity contribution in [2.24, 2.45) is 0 Å². The molecule has 1 aromatic carbocycles. The van der Waals surface area contributed by atoms with Gasteiger partial charge in [0, 0.05) is 36.3 Å². The van der Waals surface area contributed by atoms with Gasteiger partial charge in [-0.1, -0.05) is 17.7 Å². The maximum Gasteiger partial charge on any atom is 0.234 e. The average Bonchev–Trinajstić information content (AvgIpc) is 3.12. The molecule has 22 heavy (non-hydrogen) atoms. The molecular weight excluding hydrogens is 294 g/mol. The first-order chi connectivity index (χ1) is 10.7. The summed E-state index contributed by atoms with van der Waals surface area (Å²) in [5.74, 6) is 1.30. The van der Waals surface area contributed by atoms with Crippen LogP contribution in [-0.4, -0.2) is 26.8 Å². The number of imidazole rings is 1. The Labute approximate surface area is 134 Å². The molecule has 4 nitrogen and oxygen atoms in total. The lowest BCUT2D eigenvalue weighted by Crippen LogP contribution is -2.44. The van der Waals surface area contributed by atoms with Crippen molar-refractivity contribution in [3.63, 3.8) is 0 Å². The van der Waals surface area contributed by atoms with Crippen LogP contribution in [0.2, 0.25) is 0 Å². The molecule has 2 aromatic rings. The van der Waals surface area contributed by atoms with E-state index in [0.717, 1.165) is 31.6 Å². The maximum atomic E-state index is 12.6. The molecule has 0 radical (unpaired) electrons. The quantitative estimate of drug-likeness (QED) is 0.926. The third-order valence-corrected chi connectivity index (χ3v) is 5.77. The minimum Gasteiger partial charge on any atom is -0.351 e. The van der Waals surface area contributed by atoms with E-state index in [1.54, 1.807) is 11.8 Å². The van der Waals surface area contributed by atoms with Crippen molar-refractivity contribution in [3.05, 3.63) is 47.5 Å². The van der Waals surface area contributed by atoms with Crippen LogP contribution in [0, 0.1) is 6.92 Å². The first-order valence-corrected chi connectivity index (χ1v) is 8.63. The molecule has 0 aliphatic carbocycles. The smallest absolute Gasteiger partial charge is 0.234 e. The highest BCUT2D eigenvalue weighted by atomic mass is 32.2. The van der Waals surface area contributed by atoms with Crippen molar-refractivity contribution in [1.82, 2.24) is 14.9 Å². The van der Waals surface area contributed by atoms with E-state index in [4.69, 9.17) is 0 Å². The summed E-state index contributed by atoms with van der Waals surface area (Å²) in [5, 5.41) is 3.25. The molecule has 2 atom stereocenters. The lowest BCUT2D eigenvalue weighted by atomic mass is 10.1. The lowest BCUT2D eigenvalue weighted by molar-refractivity contribution is -0.121. The predicted molar refractivity (Wildman–Crippen MR) is 87.0 cm³/mol. The van der Waals surface area contributed by atoms with Gasteiger partial charge in [0.15, 0.2) is 0 Å². The highest BCUT2D eigenvalue weighted by Crippen LogP contribution is 2.37. The van der Waals surface area contributed by atoms with Gasteiger partial charge in [-0.15, -0.1) is 11.8 Å². The fraction of sp³-hybridized carbons (Fsp3) is 0.412. The number of aryl methyl sites for hydroxylation is 2. The van der Waals surface area contributed by atoms with Crippen molar-refractivity contribution >= 4 is 17.7 Å². The lowest BCUT2D eigenvalue weighted by Gasteiger charge is -2.25. The number of thioether (sulfide) groups is 1.